The minimum Gasteiger partial charge on any atom is -0.490 e. The summed E-state index contributed by atoms with van der Waals surface area (Å²) in [5, 5.41) is 13.7. The van der Waals surface area contributed by atoms with Gasteiger partial charge in [0, 0.05) is 49.2 Å². The molecule has 0 bridgehead atoms. The van der Waals surface area contributed by atoms with Crippen LogP contribution in [0.2, 0.25) is 5.02 Å². The summed E-state index contributed by atoms with van der Waals surface area (Å²) in [4.78, 5) is 24.1. The Morgan fingerprint density at radius 3 is 2.48 bits per heavy atom. The Bertz CT molecular complexity index is 1930. The van der Waals surface area contributed by atoms with Crippen molar-refractivity contribution in [2.75, 3.05) is 26.8 Å². The van der Waals surface area contributed by atoms with Gasteiger partial charge >= 0.3 is 0 Å². The number of aliphatic imine (C=N–C) groups is 1. The summed E-state index contributed by atoms with van der Waals surface area (Å²) in [7, 11) is 1.78. The lowest BCUT2D eigenvalue weighted by atomic mass is 9.62. The number of carbonyl (C=O) groups excluding carboxylic acids is 1. The third-order valence-electron chi connectivity index (χ3n) is 14.8. The normalized spacial score (nSPS) is 37.7. The number of methoxy groups -OCH3 is 1. The zero-order chi connectivity index (χ0) is 42.3. The van der Waals surface area contributed by atoms with Crippen molar-refractivity contribution in [2.24, 2.45) is 22.2 Å². The number of thioether (sulfide) groups is 1. The molecule has 2 saturated carbocycles. The van der Waals surface area contributed by atoms with Crippen LogP contribution >= 0.6 is 23.4 Å². The van der Waals surface area contributed by atoms with Gasteiger partial charge in [0.15, 0.2) is 0 Å². The minimum atomic E-state index is -0.245. The summed E-state index contributed by atoms with van der Waals surface area (Å²) in [5.41, 5.74) is 17.2. The monoisotopic (exact) mass is 873 g/mol. The van der Waals surface area contributed by atoms with Gasteiger partial charge in [-0.2, -0.15) is 5.26 Å². The van der Waals surface area contributed by atoms with Crippen LogP contribution in [0.25, 0.3) is 0 Å². The second kappa shape index (κ2) is 18.6. The van der Waals surface area contributed by atoms with Crippen molar-refractivity contribution < 1.29 is 19.0 Å². The lowest BCUT2D eigenvalue weighted by Gasteiger charge is -2.54. The van der Waals surface area contributed by atoms with E-state index in [0.29, 0.717) is 45.4 Å². The van der Waals surface area contributed by atoms with Gasteiger partial charge in [-0.15, -0.1) is 11.8 Å². The van der Waals surface area contributed by atoms with Crippen LogP contribution in [0.3, 0.4) is 0 Å². The second-order valence-electron chi connectivity index (χ2n) is 18.9. The van der Waals surface area contributed by atoms with Gasteiger partial charge in [0.25, 0.3) is 0 Å². The topological polar surface area (TPSA) is 148 Å². The molecule has 13 nitrogen and oxygen atoms in total. The van der Waals surface area contributed by atoms with E-state index in [9.17, 15) is 4.79 Å². The maximum atomic E-state index is 13.3. The van der Waals surface area contributed by atoms with E-state index in [4.69, 9.17) is 36.1 Å². The number of nitriles is 1. The van der Waals surface area contributed by atoms with E-state index in [0.717, 1.165) is 76.6 Å². The fourth-order valence-electron chi connectivity index (χ4n) is 11.3. The standard InChI is InChI=1S/C46H64ClN9O4S/c1-27-28(2)61-45-41(27)42(50-38(18-21-58-4)43-54-51-29(3)56(43)45)30-6-11-33(12-7-30)60-36-23-46(24-36)19-5-20-55(26-46)40-17-16-39(52-53-40)44(57)49-32-9-14-34(15-10-32)59-35-13-8-31(25-48)37(47)22-35/h6-8,11-13,22,27-29,32,34,36,38-41,43,45,51-54H,5,9-10,14-21,23-24,26H2,1-4H3,(H,49,57)/t27?,28?,29?,32?,34?,36?,38-,39?,40?,41?,43?,45?,46?/m0/s1. The van der Waals surface area contributed by atoms with Crippen LogP contribution in [-0.4, -0.2) is 108 Å². The van der Waals surface area contributed by atoms with Crippen molar-refractivity contribution in [1.82, 2.24) is 36.8 Å². The number of amides is 1. The molecule has 0 aromatic heterocycles. The Kier molecular flexibility index (Phi) is 13.2. The lowest BCUT2D eigenvalue weighted by molar-refractivity contribution is -0.126. The molecule has 6 fully saturated rings. The number of carbonyl (C=O) groups is 1. The molecule has 2 aliphatic carbocycles. The molecule has 9 rings (SSSR count). The van der Waals surface area contributed by atoms with E-state index in [1.807, 2.05) is 0 Å². The van der Waals surface area contributed by atoms with E-state index >= 15 is 0 Å². The first-order chi connectivity index (χ1) is 29.6. The molecular formula is C46H64ClN9O4S. The summed E-state index contributed by atoms with van der Waals surface area (Å²) in [6.45, 7) is 9.84. The Balaban J connectivity index is 0.736. The summed E-state index contributed by atoms with van der Waals surface area (Å²) in [6.07, 6.45) is 11.5. The van der Waals surface area contributed by atoms with Gasteiger partial charge in [-0.1, -0.05) is 25.4 Å². The van der Waals surface area contributed by atoms with E-state index in [1.165, 1.54) is 24.1 Å². The lowest BCUT2D eigenvalue weighted by Crippen LogP contribution is -2.65. The largest absolute Gasteiger partial charge is 0.490 e. The number of nitrogens with one attached hydrogen (secondary N) is 5. The van der Waals surface area contributed by atoms with Crippen molar-refractivity contribution in [3.05, 3.63) is 58.6 Å². The summed E-state index contributed by atoms with van der Waals surface area (Å²) in [5.74, 6) is 2.54. The second-order valence-corrected chi connectivity index (χ2v) is 20.8. The molecule has 1 spiro atoms. The van der Waals surface area contributed by atoms with Gasteiger partial charge in [0.1, 0.15) is 23.6 Å². The van der Waals surface area contributed by atoms with Crippen molar-refractivity contribution in [1.29, 1.82) is 5.26 Å². The quantitative estimate of drug-likeness (QED) is 0.183. The molecule has 5 aliphatic heterocycles. The molecule has 1 amide bonds. The highest BCUT2D eigenvalue weighted by molar-refractivity contribution is 8.00. The highest BCUT2D eigenvalue weighted by Crippen LogP contribution is 2.51. The first kappa shape index (κ1) is 43.3. The van der Waals surface area contributed by atoms with E-state index < -0.39 is 0 Å². The molecule has 15 heteroatoms. The van der Waals surface area contributed by atoms with E-state index in [-0.39, 0.29) is 60.2 Å². The SMILES string of the molecule is COCC[C@@H]1N=C(c2ccc(OC3CC4(CCCN(C5CCC(C(=O)NC6CCC(Oc7ccc(C#N)c(Cl)c7)CC6)NN5)C4)C3)cc2)C2C(C)C(C)SC2N2C(C)NNC12. The van der Waals surface area contributed by atoms with Crippen LogP contribution in [0.5, 0.6) is 11.5 Å². The number of benzene rings is 2. The average Bonchev–Trinajstić information content (AvgIpc) is 3.74. The van der Waals surface area contributed by atoms with Crippen molar-refractivity contribution >= 4 is 35.0 Å². The van der Waals surface area contributed by atoms with Gasteiger partial charge < -0.3 is 19.5 Å². The van der Waals surface area contributed by atoms with Gasteiger partial charge in [0.2, 0.25) is 5.91 Å². The third-order valence-corrected chi connectivity index (χ3v) is 16.8. The molecule has 61 heavy (non-hydrogen) atoms. The predicted molar refractivity (Wildman–Crippen MR) is 239 cm³/mol. The Hall–Kier alpha value is -2.97. The average molecular weight is 875 g/mol. The van der Waals surface area contributed by atoms with E-state index in [2.05, 4.69) is 99.7 Å². The molecule has 2 aromatic carbocycles. The van der Waals surface area contributed by atoms with Gasteiger partial charge in [0.05, 0.1) is 52.7 Å². The number of likely N-dealkylation sites (tertiary alicyclic amines) is 1. The number of ether oxygens (including phenoxy) is 3. The highest BCUT2D eigenvalue weighted by atomic mass is 35.5. The van der Waals surface area contributed by atoms with Crippen LogP contribution in [-0.2, 0) is 9.53 Å². The molecule has 2 aromatic rings. The summed E-state index contributed by atoms with van der Waals surface area (Å²) in [6, 6.07) is 16.1. The number of piperidine rings is 1. The first-order valence-electron chi connectivity index (χ1n) is 22.8. The fourth-order valence-corrected chi connectivity index (χ4v) is 13.4. The van der Waals surface area contributed by atoms with Crippen molar-refractivity contribution in [3.63, 3.8) is 0 Å². The van der Waals surface area contributed by atoms with Crippen LogP contribution in [0.15, 0.2) is 47.5 Å². The Morgan fingerprint density at radius 2 is 1.75 bits per heavy atom. The number of hydrogen-bond donors (Lipinski definition) is 5. The molecule has 4 saturated heterocycles. The number of hydrazine groups is 2. The van der Waals surface area contributed by atoms with Gasteiger partial charge in [-0.05, 0) is 137 Å². The molecule has 8 unspecified atom stereocenters. The van der Waals surface area contributed by atoms with Crippen molar-refractivity contribution in [2.45, 2.75) is 151 Å². The number of fused-ring (bicyclic) bond motifs is 3. The molecular weight excluding hydrogens is 810 g/mol. The number of halogens is 1. The summed E-state index contributed by atoms with van der Waals surface area (Å²) < 4.78 is 18.3. The highest BCUT2D eigenvalue weighted by Gasteiger charge is 2.53. The zero-order valence-corrected chi connectivity index (χ0v) is 37.6. The van der Waals surface area contributed by atoms with Crippen LogP contribution < -0.4 is 36.5 Å². The smallest absolute Gasteiger partial charge is 0.238 e. The van der Waals surface area contributed by atoms with Gasteiger partial charge in [-0.25, -0.2) is 21.7 Å². The number of rotatable bonds is 11. The molecule has 9 atom stereocenters. The number of nitrogens with zero attached hydrogens (tertiary/aromatic N) is 4. The summed E-state index contributed by atoms with van der Waals surface area (Å²) >= 11 is 8.29. The van der Waals surface area contributed by atoms with E-state index in [1.54, 1.807) is 25.3 Å². The predicted octanol–water partition coefficient (Wildman–Crippen LogP) is 5.93. The van der Waals surface area contributed by atoms with Crippen LogP contribution in [0.1, 0.15) is 103 Å². The minimum absolute atomic E-state index is 0.0699. The fraction of sp³-hybridized carbons (Fsp3) is 0.674. The maximum Gasteiger partial charge on any atom is 0.238 e. The Labute approximate surface area is 370 Å². The van der Waals surface area contributed by atoms with Crippen molar-refractivity contribution in [3.8, 4) is 17.6 Å². The molecule has 5 N–H and O–H groups in total. The zero-order valence-electron chi connectivity index (χ0n) is 36.1. The van der Waals surface area contributed by atoms with Crippen LogP contribution in [0.4, 0.5) is 0 Å². The van der Waals surface area contributed by atoms with Gasteiger partial charge in [-0.3, -0.25) is 19.6 Å². The molecule has 330 valence electrons. The molecule has 5 heterocycles. The first-order valence-corrected chi connectivity index (χ1v) is 24.1. The number of hydrogen-bond acceptors (Lipinski definition) is 13. The Morgan fingerprint density at radius 1 is 0.984 bits per heavy atom. The van der Waals surface area contributed by atoms with Crippen LogP contribution in [0, 0.1) is 28.6 Å². The maximum absolute atomic E-state index is 13.3. The molecule has 7 aliphatic rings. The third kappa shape index (κ3) is 9.20. The molecule has 0 radical (unpaired) electrons.